The van der Waals surface area contributed by atoms with Gasteiger partial charge in [-0.25, -0.2) is 4.98 Å². The quantitative estimate of drug-likeness (QED) is 0.169. The average molecular weight is 725 g/mol. The van der Waals surface area contributed by atoms with Gasteiger partial charge in [-0.2, -0.15) is 0 Å². The van der Waals surface area contributed by atoms with Gasteiger partial charge in [0.05, 0.1) is 22.3 Å². The molecule has 12 rings (SSSR count). The zero-order chi connectivity index (χ0) is 37.5. The topological polar surface area (TPSA) is 25.8 Å². The van der Waals surface area contributed by atoms with Crippen molar-refractivity contribution in [3.63, 3.8) is 0 Å². The predicted octanol–water partition coefficient (Wildman–Crippen LogP) is 13.9. The van der Waals surface area contributed by atoms with Gasteiger partial charge in [-0.1, -0.05) is 170 Å². The van der Waals surface area contributed by atoms with Gasteiger partial charge in [-0.15, -0.1) is 0 Å². The monoisotopic (exact) mass is 724 g/mol. The van der Waals surface area contributed by atoms with Crippen molar-refractivity contribution in [2.75, 3.05) is 0 Å². The number of hydrogen-bond acceptors (Lipinski definition) is 2. The Kier molecular flexibility index (Phi) is 7.00. The van der Waals surface area contributed by atoms with Gasteiger partial charge in [0.15, 0.2) is 0 Å². The summed E-state index contributed by atoms with van der Waals surface area (Å²) in [5.74, 6) is 0. The average Bonchev–Trinajstić information content (AvgIpc) is 3.77. The highest BCUT2D eigenvalue weighted by atomic mass is 14.7. The van der Waals surface area contributed by atoms with Crippen molar-refractivity contribution < 1.29 is 0 Å². The standard InChI is InChI=1S/C55H36N2/c1-3-16-35(17-4-1)44-33-51(36-18-5-2-6-19-36)56-34-45(44)37-20-15-21-38(32-37)54-43-30-31-49-53(52(43)42-25-10-14-29-50(42)57-54)41-24-9-13-28-48(41)55(49)46-26-11-7-22-39(46)40-23-8-12-27-47(40)55/h1,3-5,7-34H,2,6H2. The molecule has 0 N–H and O–H groups in total. The fourth-order valence-corrected chi connectivity index (χ4v) is 10.2. The molecule has 2 heterocycles. The maximum Gasteiger partial charge on any atom is 0.0788 e. The Morgan fingerprint density at radius 2 is 1.12 bits per heavy atom. The lowest BCUT2D eigenvalue weighted by atomic mass is 9.70. The number of rotatable bonds is 4. The van der Waals surface area contributed by atoms with Crippen molar-refractivity contribution in [3.05, 3.63) is 222 Å². The number of benzene rings is 7. The SMILES string of the molecule is C1=CC(c2cc(-c3ccccc3)c(-c3cccc(-c4nc5ccccc5c5c6c(ccc45)C4(c5ccccc5-c5ccccc54)c4ccccc4-6)c3)cn2)=CCC1. The first-order chi connectivity index (χ1) is 28.3. The van der Waals surface area contributed by atoms with Crippen molar-refractivity contribution in [1.82, 2.24) is 9.97 Å². The van der Waals surface area contributed by atoms with Crippen molar-refractivity contribution >= 4 is 27.2 Å². The predicted molar refractivity (Wildman–Crippen MR) is 236 cm³/mol. The molecule has 7 aromatic carbocycles. The number of aromatic nitrogens is 2. The molecule has 2 aromatic heterocycles. The minimum atomic E-state index is -0.409. The largest absolute Gasteiger partial charge is 0.256 e. The van der Waals surface area contributed by atoms with E-state index in [1.807, 2.05) is 0 Å². The van der Waals surface area contributed by atoms with E-state index >= 15 is 0 Å². The van der Waals surface area contributed by atoms with Crippen LogP contribution in [0.5, 0.6) is 0 Å². The number of hydrogen-bond donors (Lipinski definition) is 0. The van der Waals surface area contributed by atoms with Crippen LogP contribution < -0.4 is 0 Å². The van der Waals surface area contributed by atoms with E-state index in [0.717, 1.165) is 51.8 Å². The molecule has 0 unspecified atom stereocenters. The lowest BCUT2D eigenvalue weighted by Crippen LogP contribution is -2.25. The van der Waals surface area contributed by atoms with Crippen molar-refractivity contribution in [2.24, 2.45) is 0 Å². The summed E-state index contributed by atoms with van der Waals surface area (Å²) in [5.41, 5.74) is 20.0. The second kappa shape index (κ2) is 12.4. The van der Waals surface area contributed by atoms with Crippen LogP contribution in [0.4, 0.5) is 0 Å². The molecule has 57 heavy (non-hydrogen) atoms. The number of fused-ring (bicyclic) bond motifs is 14. The molecule has 0 amide bonds. The fourth-order valence-electron chi connectivity index (χ4n) is 10.2. The lowest BCUT2D eigenvalue weighted by molar-refractivity contribution is 0.794. The van der Waals surface area contributed by atoms with E-state index in [4.69, 9.17) is 9.97 Å². The zero-order valence-electron chi connectivity index (χ0n) is 31.3. The molecule has 2 nitrogen and oxygen atoms in total. The molecule has 1 spiro atoms. The molecule has 9 aromatic rings. The smallest absolute Gasteiger partial charge is 0.0788 e. The Labute approximate surface area is 332 Å². The second-order valence-corrected chi connectivity index (χ2v) is 15.5. The molecule has 0 saturated heterocycles. The molecule has 0 fully saturated rings. The summed E-state index contributed by atoms with van der Waals surface area (Å²) >= 11 is 0. The molecule has 0 bridgehead atoms. The summed E-state index contributed by atoms with van der Waals surface area (Å²) in [6, 6.07) is 62.5. The molecule has 0 saturated carbocycles. The lowest BCUT2D eigenvalue weighted by Gasteiger charge is -2.30. The first-order valence-electron chi connectivity index (χ1n) is 20.0. The van der Waals surface area contributed by atoms with Crippen molar-refractivity contribution in [3.8, 4) is 55.8 Å². The molecule has 0 atom stereocenters. The third-order valence-corrected chi connectivity index (χ3v) is 12.5. The minimum Gasteiger partial charge on any atom is -0.256 e. The van der Waals surface area contributed by atoms with E-state index in [1.54, 1.807) is 0 Å². The van der Waals surface area contributed by atoms with Crippen LogP contribution in [-0.4, -0.2) is 9.97 Å². The normalized spacial score (nSPS) is 14.4. The first-order valence-corrected chi connectivity index (χ1v) is 20.0. The molecule has 266 valence electrons. The molecular formula is C55H36N2. The summed E-state index contributed by atoms with van der Waals surface area (Å²) in [7, 11) is 0. The van der Waals surface area contributed by atoms with Crippen LogP contribution in [0.3, 0.4) is 0 Å². The number of pyridine rings is 2. The van der Waals surface area contributed by atoms with Gasteiger partial charge >= 0.3 is 0 Å². The highest BCUT2D eigenvalue weighted by Crippen LogP contribution is 2.64. The second-order valence-electron chi connectivity index (χ2n) is 15.5. The number of para-hydroxylation sites is 1. The van der Waals surface area contributed by atoms with E-state index in [2.05, 4.69) is 194 Å². The van der Waals surface area contributed by atoms with Crippen LogP contribution in [0.2, 0.25) is 0 Å². The van der Waals surface area contributed by atoms with E-state index < -0.39 is 5.41 Å². The third-order valence-electron chi connectivity index (χ3n) is 12.5. The van der Waals surface area contributed by atoms with Crippen LogP contribution in [0, 0.1) is 0 Å². The number of nitrogens with zero attached hydrogens (tertiary/aromatic N) is 2. The van der Waals surface area contributed by atoms with Gasteiger partial charge in [-0.05, 0) is 97.8 Å². The van der Waals surface area contributed by atoms with Crippen LogP contribution in [-0.2, 0) is 5.41 Å². The Hall–Kier alpha value is -7.16. The van der Waals surface area contributed by atoms with Gasteiger partial charge in [0, 0.05) is 33.5 Å². The highest BCUT2D eigenvalue weighted by molar-refractivity contribution is 6.20. The summed E-state index contributed by atoms with van der Waals surface area (Å²) in [6.07, 6.45) is 10.9. The van der Waals surface area contributed by atoms with Crippen LogP contribution in [0.15, 0.2) is 194 Å². The van der Waals surface area contributed by atoms with Gasteiger partial charge in [0.1, 0.15) is 0 Å². The molecule has 3 aliphatic carbocycles. The Morgan fingerprint density at radius 1 is 0.456 bits per heavy atom. The number of allylic oxidation sites excluding steroid dienone is 4. The Balaban J connectivity index is 1.11. The van der Waals surface area contributed by atoms with E-state index in [1.165, 1.54) is 72.0 Å². The summed E-state index contributed by atoms with van der Waals surface area (Å²) < 4.78 is 0. The first kappa shape index (κ1) is 32.1. The van der Waals surface area contributed by atoms with E-state index in [9.17, 15) is 0 Å². The van der Waals surface area contributed by atoms with Crippen molar-refractivity contribution in [2.45, 2.75) is 18.3 Å². The molecule has 2 heteroatoms. The maximum atomic E-state index is 5.48. The van der Waals surface area contributed by atoms with Crippen LogP contribution in [0.1, 0.15) is 40.8 Å². The maximum absolute atomic E-state index is 5.48. The fraction of sp³-hybridized carbons (Fsp3) is 0.0545. The molecule has 3 aliphatic rings. The van der Waals surface area contributed by atoms with Crippen molar-refractivity contribution in [1.29, 1.82) is 0 Å². The Morgan fingerprint density at radius 3 is 1.89 bits per heavy atom. The summed E-state index contributed by atoms with van der Waals surface area (Å²) in [6.45, 7) is 0. The zero-order valence-corrected chi connectivity index (χ0v) is 31.3. The minimum absolute atomic E-state index is 0.409. The molecule has 0 aliphatic heterocycles. The van der Waals surface area contributed by atoms with Crippen LogP contribution >= 0.6 is 0 Å². The van der Waals surface area contributed by atoms with Gasteiger partial charge in [-0.3, -0.25) is 4.98 Å². The molecular weight excluding hydrogens is 689 g/mol. The van der Waals surface area contributed by atoms with Gasteiger partial charge < -0.3 is 0 Å². The van der Waals surface area contributed by atoms with E-state index in [-0.39, 0.29) is 0 Å². The van der Waals surface area contributed by atoms with Gasteiger partial charge in [0.25, 0.3) is 0 Å². The highest BCUT2D eigenvalue weighted by Gasteiger charge is 2.52. The Bertz CT molecular complexity index is 3140. The van der Waals surface area contributed by atoms with Crippen LogP contribution in [0.25, 0.3) is 83.0 Å². The van der Waals surface area contributed by atoms with E-state index in [0.29, 0.717) is 0 Å². The summed E-state index contributed by atoms with van der Waals surface area (Å²) in [5, 5.41) is 3.59. The third kappa shape index (κ3) is 4.59. The summed E-state index contributed by atoms with van der Waals surface area (Å²) in [4.78, 5) is 10.5. The molecule has 0 radical (unpaired) electrons. The van der Waals surface area contributed by atoms with Gasteiger partial charge in [0.2, 0.25) is 0 Å².